The highest BCUT2D eigenvalue weighted by Crippen LogP contribution is 2.35. The minimum Gasteiger partial charge on any atom is -0.497 e. The maximum Gasteiger partial charge on any atom is 0.232 e. The zero-order chi connectivity index (χ0) is 17.9. The summed E-state index contributed by atoms with van der Waals surface area (Å²) in [6.45, 7) is 0.0531. The van der Waals surface area contributed by atoms with E-state index in [1.54, 1.807) is 36.4 Å². The Morgan fingerprint density at radius 3 is 2.29 bits per heavy atom. The van der Waals surface area contributed by atoms with Crippen molar-refractivity contribution in [3.63, 3.8) is 0 Å². The van der Waals surface area contributed by atoms with Gasteiger partial charge in [-0.1, -0.05) is 29.3 Å². The summed E-state index contributed by atoms with van der Waals surface area (Å²) in [6, 6.07) is 9.84. The molecule has 0 atom stereocenters. The minimum atomic E-state index is -3.57. The number of hydrogen-bond donors (Lipinski definition) is 0. The van der Waals surface area contributed by atoms with Crippen LogP contribution in [0.2, 0.25) is 10.0 Å². The van der Waals surface area contributed by atoms with Gasteiger partial charge in [0, 0.05) is 16.1 Å². The Morgan fingerprint density at radius 2 is 1.75 bits per heavy atom. The van der Waals surface area contributed by atoms with Crippen molar-refractivity contribution in [1.29, 1.82) is 0 Å². The van der Waals surface area contributed by atoms with Crippen molar-refractivity contribution < 1.29 is 17.9 Å². The van der Waals surface area contributed by atoms with Gasteiger partial charge in [-0.3, -0.25) is 4.31 Å². The lowest BCUT2D eigenvalue weighted by atomic mass is 10.2. The lowest BCUT2D eigenvalue weighted by Crippen LogP contribution is -2.29. The molecule has 0 heterocycles. The molecular formula is C16H17Cl2NO4S. The second-order valence-corrected chi connectivity index (χ2v) is 7.79. The van der Waals surface area contributed by atoms with E-state index in [1.807, 2.05) is 0 Å². The van der Waals surface area contributed by atoms with Crippen LogP contribution in [0.1, 0.15) is 5.56 Å². The highest BCUT2D eigenvalue weighted by Gasteiger charge is 2.23. The number of sulfonamides is 1. The van der Waals surface area contributed by atoms with Gasteiger partial charge in [-0.2, -0.15) is 0 Å². The number of rotatable bonds is 6. The Kier molecular flexibility index (Phi) is 5.85. The van der Waals surface area contributed by atoms with Crippen molar-refractivity contribution in [2.45, 2.75) is 6.54 Å². The van der Waals surface area contributed by atoms with Crippen molar-refractivity contribution in [2.75, 3.05) is 24.8 Å². The van der Waals surface area contributed by atoms with Gasteiger partial charge < -0.3 is 9.47 Å². The molecule has 0 fully saturated rings. The quantitative estimate of drug-likeness (QED) is 0.749. The summed E-state index contributed by atoms with van der Waals surface area (Å²) in [4.78, 5) is 0. The molecule has 8 heteroatoms. The number of halogens is 2. The van der Waals surface area contributed by atoms with Gasteiger partial charge in [-0.15, -0.1) is 0 Å². The van der Waals surface area contributed by atoms with Gasteiger partial charge in [0.2, 0.25) is 10.0 Å². The molecule has 2 aromatic carbocycles. The minimum absolute atomic E-state index is 0.0531. The number of ether oxygens (including phenoxy) is 2. The van der Waals surface area contributed by atoms with Crippen molar-refractivity contribution >= 4 is 38.9 Å². The van der Waals surface area contributed by atoms with Crippen LogP contribution in [0.4, 0.5) is 5.69 Å². The molecule has 0 aliphatic carbocycles. The molecule has 0 spiro atoms. The third-order valence-electron chi connectivity index (χ3n) is 3.38. The molecule has 2 aromatic rings. The Morgan fingerprint density at radius 1 is 1.04 bits per heavy atom. The van der Waals surface area contributed by atoms with E-state index in [0.29, 0.717) is 32.8 Å². The monoisotopic (exact) mass is 389 g/mol. The average Bonchev–Trinajstić information content (AvgIpc) is 2.52. The Labute approximate surface area is 151 Å². The van der Waals surface area contributed by atoms with Gasteiger partial charge in [0.25, 0.3) is 0 Å². The molecule has 0 aliphatic rings. The molecule has 0 N–H and O–H groups in total. The molecule has 0 saturated heterocycles. The molecule has 0 aliphatic heterocycles. The SMILES string of the molecule is COc1ccc(N(Cc2ccc(Cl)cc2Cl)S(C)(=O)=O)c(OC)c1. The number of benzene rings is 2. The molecule has 0 radical (unpaired) electrons. The molecular weight excluding hydrogens is 373 g/mol. The van der Waals surface area contributed by atoms with E-state index in [1.165, 1.54) is 18.5 Å². The Balaban J connectivity index is 2.51. The average molecular weight is 390 g/mol. The molecule has 130 valence electrons. The number of nitrogens with zero attached hydrogens (tertiary/aromatic N) is 1. The molecule has 0 unspecified atom stereocenters. The van der Waals surface area contributed by atoms with Crippen molar-refractivity contribution in [3.8, 4) is 11.5 Å². The molecule has 0 saturated carbocycles. The Hall–Kier alpha value is -1.63. The first kappa shape index (κ1) is 18.7. The number of anilines is 1. The van der Waals surface area contributed by atoms with Crippen LogP contribution in [-0.2, 0) is 16.6 Å². The maximum atomic E-state index is 12.3. The van der Waals surface area contributed by atoms with Crippen LogP contribution in [0.3, 0.4) is 0 Å². The topological polar surface area (TPSA) is 55.8 Å². The van der Waals surface area contributed by atoms with E-state index in [0.717, 1.165) is 6.26 Å². The fraction of sp³-hybridized carbons (Fsp3) is 0.250. The summed E-state index contributed by atoms with van der Waals surface area (Å²) in [6.07, 6.45) is 1.13. The normalized spacial score (nSPS) is 11.2. The van der Waals surface area contributed by atoms with Crippen molar-refractivity contribution in [3.05, 3.63) is 52.0 Å². The lowest BCUT2D eigenvalue weighted by Gasteiger charge is -2.25. The van der Waals surface area contributed by atoms with Gasteiger partial charge in [0.15, 0.2) is 0 Å². The summed E-state index contributed by atoms with van der Waals surface area (Å²) >= 11 is 12.1. The molecule has 0 bridgehead atoms. The van der Waals surface area contributed by atoms with E-state index in [4.69, 9.17) is 32.7 Å². The molecule has 2 rings (SSSR count). The first-order valence-corrected chi connectivity index (χ1v) is 9.50. The van der Waals surface area contributed by atoms with Crippen LogP contribution in [-0.4, -0.2) is 28.9 Å². The van der Waals surface area contributed by atoms with E-state index in [-0.39, 0.29) is 6.54 Å². The molecule has 0 amide bonds. The van der Waals surface area contributed by atoms with Crippen LogP contribution in [0.5, 0.6) is 11.5 Å². The van der Waals surface area contributed by atoms with Crippen LogP contribution >= 0.6 is 23.2 Å². The van der Waals surface area contributed by atoms with Crippen LogP contribution in [0.25, 0.3) is 0 Å². The van der Waals surface area contributed by atoms with Crippen LogP contribution in [0, 0.1) is 0 Å². The smallest absolute Gasteiger partial charge is 0.232 e. The summed E-state index contributed by atoms with van der Waals surface area (Å²) in [5.74, 6) is 0.943. The van der Waals surface area contributed by atoms with Crippen LogP contribution in [0.15, 0.2) is 36.4 Å². The van der Waals surface area contributed by atoms with Gasteiger partial charge in [-0.05, 0) is 29.8 Å². The Bertz CT molecular complexity index is 840. The first-order valence-electron chi connectivity index (χ1n) is 6.90. The second-order valence-electron chi connectivity index (χ2n) is 5.04. The highest BCUT2D eigenvalue weighted by atomic mass is 35.5. The third kappa shape index (κ3) is 4.26. The summed E-state index contributed by atoms with van der Waals surface area (Å²) in [7, 11) is -0.584. The maximum absolute atomic E-state index is 12.3. The highest BCUT2D eigenvalue weighted by molar-refractivity contribution is 7.92. The standard InChI is InChI=1S/C16H17Cl2NO4S/c1-22-13-6-7-15(16(9-13)23-2)19(24(3,20)21)10-11-4-5-12(17)8-14(11)18/h4-9H,10H2,1-3H3. The number of methoxy groups -OCH3 is 2. The van der Waals surface area contributed by atoms with Crippen molar-refractivity contribution in [2.24, 2.45) is 0 Å². The van der Waals surface area contributed by atoms with E-state index >= 15 is 0 Å². The summed E-state index contributed by atoms with van der Waals surface area (Å²) in [5, 5.41) is 0.875. The first-order chi connectivity index (χ1) is 11.3. The fourth-order valence-corrected chi connectivity index (χ4v) is 3.53. The van der Waals surface area contributed by atoms with Gasteiger partial charge >= 0.3 is 0 Å². The fourth-order valence-electron chi connectivity index (χ4n) is 2.18. The van der Waals surface area contributed by atoms with Crippen molar-refractivity contribution in [1.82, 2.24) is 0 Å². The summed E-state index contributed by atoms with van der Waals surface area (Å²) in [5.41, 5.74) is 1.02. The van der Waals surface area contributed by atoms with E-state index in [9.17, 15) is 8.42 Å². The summed E-state index contributed by atoms with van der Waals surface area (Å²) < 4.78 is 36.3. The van der Waals surface area contributed by atoms with Gasteiger partial charge in [-0.25, -0.2) is 8.42 Å². The van der Waals surface area contributed by atoms with E-state index in [2.05, 4.69) is 0 Å². The van der Waals surface area contributed by atoms with Gasteiger partial charge in [0.1, 0.15) is 11.5 Å². The zero-order valence-electron chi connectivity index (χ0n) is 13.4. The molecule has 5 nitrogen and oxygen atoms in total. The predicted octanol–water partition coefficient (Wildman–Crippen LogP) is 3.98. The molecule has 24 heavy (non-hydrogen) atoms. The zero-order valence-corrected chi connectivity index (χ0v) is 15.7. The van der Waals surface area contributed by atoms with Gasteiger partial charge in [0.05, 0.1) is 32.7 Å². The molecule has 0 aromatic heterocycles. The largest absolute Gasteiger partial charge is 0.497 e. The lowest BCUT2D eigenvalue weighted by molar-refractivity contribution is 0.395. The third-order valence-corrected chi connectivity index (χ3v) is 5.10. The number of hydrogen-bond acceptors (Lipinski definition) is 4. The van der Waals surface area contributed by atoms with E-state index < -0.39 is 10.0 Å². The second kappa shape index (κ2) is 7.51. The van der Waals surface area contributed by atoms with Crippen LogP contribution < -0.4 is 13.8 Å². The predicted molar refractivity (Wildman–Crippen MR) is 97.0 cm³/mol.